The van der Waals surface area contributed by atoms with Crippen LogP contribution in [0.1, 0.15) is 13.3 Å². The molecule has 1 fully saturated rings. The molecule has 1 rings (SSSR count). The Balaban J connectivity index is 2.05. The number of hydrogen-bond donors (Lipinski definition) is 0. The van der Waals surface area contributed by atoms with Crippen LogP contribution in [0.5, 0.6) is 0 Å². The van der Waals surface area contributed by atoms with Gasteiger partial charge in [0.2, 0.25) is 0 Å². The van der Waals surface area contributed by atoms with E-state index < -0.39 is 0 Å². The molecule has 0 aromatic carbocycles. The zero-order chi connectivity index (χ0) is 7.40. The summed E-state index contributed by atoms with van der Waals surface area (Å²) in [5.41, 5.74) is 0. The number of hydrogen-bond acceptors (Lipinski definition) is 3. The van der Waals surface area contributed by atoms with Crippen LogP contribution in [-0.2, 0) is 14.3 Å². The Labute approximate surface area is 60.3 Å². The van der Waals surface area contributed by atoms with Crippen molar-refractivity contribution in [3.05, 3.63) is 5.92 Å². The summed E-state index contributed by atoms with van der Waals surface area (Å²) < 4.78 is 9.60. The molecule has 0 saturated carbocycles. The Morgan fingerprint density at radius 2 is 2.40 bits per heavy atom. The van der Waals surface area contributed by atoms with Gasteiger partial charge in [-0.15, -0.1) is 0 Å². The lowest BCUT2D eigenvalue weighted by Gasteiger charge is -2.23. The van der Waals surface area contributed by atoms with Gasteiger partial charge in [0.15, 0.2) is 0 Å². The van der Waals surface area contributed by atoms with E-state index in [1.807, 2.05) is 0 Å². The van der Waals surface area contributed by atoms with E-state index in [1.54, 1.807) is 6.92 Å². The topological polar surface area (TPSA) is 35.5 Å². The van der Waals surface area contributed by atoms with Gasteiger partial charge < -0.3 is 9.47 Å². The van der Waals surface area contributed by atoms with Crippen LogP contribution in [0.25, 0.3) is 0 Å². The summed E-state index contributed by atoms with van der Waals surface area (Å²) in [4.78, 5) is 10.7. The van der Waals surface area contributed by atoms with Crippen LogP contribution in [0.3, 0.4) is 0 Å². The first kappa shape index (κ1) is 7.54. The Kier molecular flexibility index (Phi) is 2.68. The highest BCUT2D eigenvalue weighted by Gasteiger charge is 2.22. The molecule has 0 aromatic heterocycles. The first-order chi connectivity index (χ1) is 4.83. The van der Waals surface area contributed by atoms with Crippen LogP contribution < -0.4 is 0 Å². The van der Waals surface area contributed by atoms with Crippen LogP contribution in [-0.4, -0.2) is 25.8 Å². The zero-order valence-corrected chi connectivity index (χ0v) is 6.05. The smallest absolute Gasteiger partial charge is 0.306 e. The number of carbonyl (C=O) groups excluding carboxylic acids is 1. The minimum Gasteiger partial charge on any atom is -0.466 e. The standard InChI is InChI=1S/C7H11O3/c1-2-10-7(8)3-6-4-9-5-6/h2-5H2,1H3. The van der Waals surface area contributed by atoms with Gasteiger partial charge in [0, 0.05) is 5.92 Å². The minimum atomic E-state index is -0.138. The highest BCUT2D eigenvalue weighted by molar-refractivity contribution is 5.71. The summed E-state index contributed by atoms with van der Waals surface area (Å²) >= 11 is 0. The Morgan fingerprint density at radius 1 is 1.70 bits per heavy atom. The van der Waals surface area contributed by atoms with E-state index in [4.69, 9.17) is 9.47 Å². The fraction of sp³-hybridized carbons (Fsp3) is 0.714. The number of ether oxygens (including phenoxy) is 2. The largest absolute Gasteiger partial charge is 0.466 e. The molecule has 0 amide bonds. The monoisotopic (exact) mass is 143 g/mol. The average Bonchev–Trinajstić information content (AvgIpc) is 1.80. The van der Waals surface area contributed by atoms with E-state index in [0.717, 1.165) is 5.92 Å². The summed E-state index contributed by atoms with van der Waals surface area (Å²) in [5.74, 6) is 0.999. The van der Waals surface area contributed by atoms with Gasteiger partial charge in [-0.2, -0.15) is 0 Å². The Bertz CT molecular complexity index is 118. The van der Waals surface area contributed by atoms with Crippen LogP contribution in [0.15, 0.2) is 0 Å². The van der Waals surface area contributed by atoms with Gasteiger partial charge >= 0.3 is 5.97 Å². The van der Waals surface area contributed by atoms with Gasteiger partial charge in [0.05, 0.1) is 26.2 Å². The van der Waals surface area contributed by atoms with Crippen molar-refractivity contribution in [2.75, 3.05) is 19.8 Å². The van der Waals surface area contributed by atoms with Crippen molar-refractivity contribution in [1.29, 1.82) is 0 Å². The normalized spacial score (nSPS) is 18.1. The van der Waals surface area contributed by atoms with Crippen LogP contribution in [0.2, 0.25) is 0 Å². The van der Waals surface area contributed by atoms with Gasteiger partial charge in [0.25, 0.3) is 0 Å². The SMILES string of the molecule is CCOC(=O)C[C]1COC1. The predicted octanol–water partition coefficient (Wildman–Crippen LogP) is 0.544. The third kappa shape index (κ3) is 1.99. The lowest BCUT2D eigenvalue weighted by molar-refractivity contribution is -0.144. The zero-order valence-electron chi connectivity index (χ0n) is 6.05. The molecule has 0 N–H and O–H groups in total. The van der Waals surface area contributed by atoms with E-state index in [0.29, 0.717) is 26.2 Å². The van der Waals surface area contributed by atoms with Crippen LogP contribution in [0.4, 0.5) is 0 Å². The third-order valence-electron chi connectivity index (χ3n) is 1.31. The molecule has 10 heavy (non-hydrogen) atoms. The molecule has 1 aliphatic rings. The molecule has 0 unspecified atom stereocenters. The summed E-state index contributed by atoms with van der Waals surface area (Å²) in [5, 5.41) is 0. The highest BCUT2D eigenvalue weighted by atomic mass is 16.5. The van der Waals surface area contributed by atoms with Crippen LogP contribution >= 0.6 is 0 Å². The van der Waals surface area contributed by atoms with Crippen molar-refractivity contribution < 1.29 is 14.3 Å². The molecule has 1 saturated heterocycles. The molecule has 0 bridgehead atoms. The van der Waals surface area contributed by atoms with Gasteiger partial charge in [-0.1, -0.05) is 0 Å². The van der Waals surface area contributed by atoms with E-state index >= 15 is 0 Å². The quantitative estimate of drug-likeness (QED) is 0.541. The molecule has 0 atom stereocenters. The van der Waals surface area contributed by atoms with Gasteiger partial charge in [-0.3, -0.25) is 4.79 Å². The lowest BCUT2D eigenvalue weighted by Crippen LogP contribution is -2.28. The van der Waals surface area contributed by atoms with Crippen molar-refractivity contribution in [3.63, 3.8) is 0 Å². The average molecular weight is 143 g/mol. The Morgan fingerprint density at radius 3 is 2.80 bits per heavy atom. The van der Waals surface area contributed by atoms with Gasteiger partial charge in [-0.05, 0) is 6.92 Å². The second kappa shape index (κ2) is 3.56. The molecule has 1 heterocycles. The molecule has 1 radical (unpaired) electrons. The van der Waals surface area contributed by atoms with E-state index in [1.165, 1.54) is 0 Å². The number of esters is 1. The molecule has 0 aliphatic carbocycles. The fourth-order valence-corrected chi connectivity index (χ4v) is 0.765. The maximum atomic E-state index is 10.7. The number of rotatable bonds is 3. The lowest BCUT2D eigenvalue weighted by atomic mass is 10.1. The molecule has 0 spiro atoms. The summed E-state index contributed by atoms with van der Waals surface area (Å²) in [6.07, 6.45) is 0.438. The molecular weight excluding hydrogens is 132 g/mol. The molecular formula is C7H11O3. The van der Waals surface area contributed by atoms with E-state index in [2.05, 4.69) is 0 Å². The van der Waals surface area contributed by atoms with E-state index in [-0.39, 0.29) is 5.97 Å². The Hall–Kier alpha value is -0.570. The first-order valence-corrected chi connectivity index (χ1v) is 3.40. The van der Waals surface area contributed by atoms with Crippen molar-refractivity contribution >= 4 is 5.97 Å². The van der Waals surface area contributed by atoms with Crippen molar-refractivity contribution in [2.24, 2.45) is 0 Å². The van der Waals surface area contributed by atoms with Gasteiger partial charge in [-0.25, -0.2) is 0 Å². The van der Waals surface area contributed by atoms with Crippen LogP contribution in [0, 0.1) is 5.92 Å². The third-order valence-corrected chi connectivity index (χ3v) is 1.31. The minimum absolute atomic E-state index is 0.138. The molecule has 1 aliphatic heterocycles. The summed E-state index contributed by atoms with van der Waals surface area (Å²) in [7, 11) is 0. The molecule has 3 heteroatoms. The van der Waals surface area contributed by atoms with Crippen molar-refractivity contribution in [1.82, 2.24) is 0 Å². The van der Waals surface area contributed by atoms with Crippen molar-refractivity contribution in [2.45, 2.75) is 13.3 Å². The maximum absolute atomic E-state index is 10.7. The predicted molar refractivity (Wildman–Crippen MR) is 35.3 cm³/mol. The first-order valence-electron chi connectivity index (χ1n) is 3.40. The fourth-order valence-electron chi connectivity index (χ4n) is 0.765. The second-order valence-corrected chi connectivity index (χ2v) is 2.22. The number of carbonyl (C=O) groups is 1. The maximum Gasteiger partial charge on any atom is 0.306 e. The highest BCUT2D eigenvalue weighted by Crippen LogP contribution is 2.16. The molecule has 0 aromatic rings. The van der Waals surface area contributed by atoms with E-state index in [9.17, 15) is 4.79 Å². The summed E-state index contributed by atoms with van der Waals surface area (Å²) in [6, 6.07) is 0. The van der Waals surface area contributed by atoms with Gasteiger partial charge in [0.1, 0.15) is 0 Å². The summed E-state index contributed by atoms with van der Waals surface area (Å²) in [6.45, 7) is 3.55. The second-order valence-electron chi connectivity index (χ2n) is 2.22. The van der Waals surface area contributed by atoms with Crippen molar-refractivity contribution in [3.8, 4) is 0 Å². The molecule has 3 nitrogen and oxygen atoms in total. The molecule has 57 valence electrons.